The molecule has 1 atom stereocenters. The maximum Gasteiger partial charge on any atom is 0.237 e. The molecule has 3 aromatic rings. The molecule has 0 radical (unpaired) electrons. The third kappa shape index (κ3) is 4.92. The third-order valence-electron chi connectivity index (χ3n) is 5.70. The fourth-order valence-corrected chi connectivity index (χ4v) is 4.12. The van der Waals surface area contributed by atoms with Gasteiger partial charge in [0.1, 0.15) is 11.5 Å². The molecule has 1 aromatic heterocycles. The van der Waals surface area contributed by atoms with Crippen molar-refractivity contribution in [2.45, 2.75) is 32.0 Å². The Labute approximate surface area is 177 Å². The summed E-state index contributed by atoms with van der Waals surface area (Å²) in [6, 6.07) is 22.4. The Morgan fingerprint density at radius 2 is 1.87 bits per heavy atom. The molecule has 0 unspecified atom stereocenters. The summed E-state index contributed by atoms with van der Waals surface area (Å²) in [5, 5.41) is 0. The number of amides is 1. The summed E-state index contributed by atoms with van der Waals surface area (Å²) >= 11 is 0. The van der Waals surface area contributed by atoms with Crippen molar-refractivity contribution in [1.29, 1.82) is 0 Å². The molecule has 0 saturated carbocycles. The number of benzene rings is 2. The van der Waals surface area contributed by atoms with Crippen molar-refractivity contribution in [2.24, 2.45) is 0 Å². The van der Waals surface area contributed by atoms with Gasteiger partial charge in [-0.2, -0.15) is 0 Å². The number of hydrogen-bond acceptors (Lipinski definition) is 4. The summed E-state index contributed by atoms with van der Waals surface area (Å²) in [5.41, 5.74) is 2.35. The van der Waals surface area contributed by atoms with Crippen LogP contribution in [0.4, 0.5) is 0 Å². The molecular weight excluding hydrogens is 376 g/mol. The summed E-state index contributed by atoms with van der Waals surface area (Å²) < 4.78 is 10.8. The molecular formula is C25H28N2O3. The molecule has 4 rings (SSSR count). The monoisotopic (exact) mass is 404 g/mol. The number of methoxy groups -OCH3 is 1. The van der Waals surface area contributed by atoms with Gasteiger partial charge >= 0.3 is 0 Å². The SMILES string of the molecule is COc1ccc([C@H]2CCCN2CC(=O)N(Cc2ccccc2)Cc2ccco2)cc1. The van der Waals surface area contributed by atoms with Crippen LogP contribution < -0.4 is 4.74 Å². The van der Waals surface area contributed by atoms with E-state index < -0.39 is 0 Å². The van der Waals surface area contributed by atoms with Crippen molar-refractivity contribution in [2.75, 3.05) is 20.2 Å². The summed E-state index contributed by atoms with van der Waals surface area (Å²) in [4.78, 5) is 17.5. The van der Waals surface area contributed by atoms with Crippen LogP contribution in [0.25, 0.3) is 0 Å². The van der Waals surface area contributed by atoms with Crippen LogP contribution in [-0.4, -0.2) is 35.9 Å². The van der Waals surface area contributed by atoms with E-state index in [2.05, 4.69) is 29.2 Å². The molecule has 2 aromatic carbocycles. The van der Waals surface area contributed by atoms with Gasteiger partial charge in [0.25, 0.3) is 0 Å². The summed E-state index contributed by atoms with van der Waals surface area (Å²) in [6.07, 6.45) is 3.82. The second kappa shape index (κ2) is 9.63. The summed E-state index contributed by atoms with van der Waals surface area (Å²) in [7, 11) is 1.68. The Bertz CT molecular complexity index is 923. The molecule has 0 aliphatic carbocycles. The molecule has 0 N–H and O–H groups in total. The Hall–Kier alpha value is -3.05. The van der Waals surface area contributed by atoms with Gasteiger partial charge in [-0.1, -0.05) is 42.5 Å². The maximum atomic E-state index is 13.3. The highest BCUT2D eigenvalue weighted by Gasteiger charge is 2.29. The first-order valence-corrected chi connectivity index (χ1v) is 10.4. The highest BCUT2D eigenvalue weighted by Crippen LogP contribution is 2.32. The number of carbonyl (C=O) groups is 1. The zero-order chi connectivity index (χ0) is 20.8. The number of likely N-dealkylation sites (tertiary alicyclic amines) is 1. The number of hydrogen-bond donors (Lipinski definition) is 0. The molecule has 1 fully saturated rings. The predicted octanol–water partition coefficient (Wildman–Crippen LogP) is 4.65. The van der Waals surface area contributed by atoms with Gasteiger partial charge in [0.15, 0.2) is 0 Å². The standard InChI is InChI=1S/C25H28N2O3/c1-29-22-13-11-21(12-14-22)24-10-5-15-26(24)19-25(28)27(18-23-9-6-16-30-23)17-20-7-3-2-4-8-20/h2-4,6-9,11-14,16,24H,5,10,15,17-19H2,1H3/t24-/m1/s1. The average Bonchev–Trinajstić information content (AvgIpc) is 3.46. The van der Waals surface area contributed by atoms with Gasteiger partial charge in [-0.15, -0.1) is 0 Å². The van der Waals surface area contributed by atoms with Crippen LogP contribution in [0, 0.1) is 0 Å². The van der Waals surface area contributed by atoms with Crippen LogP contribution in [0.2, 0.25) is 0 Å². The molecule has 1 saturated heterocycles. The topological polar surface area (TPSA) is 45.9 Å². The van der Waals surface area contributed by atoms with Crippen molar-refractivity contribution < 1.29 is 13.9 Å². The van der Waals surface area contributed by atoms with Gasteiger partial charge in [0, 0.05) is 12.6 Å². The van der Waals surface area contributed by atoms with E-state index >= 15 is 0 Å². The largest absolute Gasteiger partial charge is 0.497 e. The second-order valence-corrected chi connectivity index (χ2v) is 7.72. The Morgan fingerprint density at radius 1 is 1.07 bits per heavy atom. The van der Waals surface area contributed by atoms with Crippen LogP contribution in [0.1, 0.15) is 35.8 Å². The second-order valence-electron chi connectivity index (χ2n) is 7.72. The Kier molecular flexibility index (Phi) is 6.50. The summed E-state index contributed by atoms with van der Waals surface area (Å²) in [5.74, 6) is 1.77. The van der Waals surface area contributed by atoms with E-state index in [4.69, 9.17) is 9.15 Å². The minimum Gasteiger partial charge on any atom is -0.497 e. The highest BCUT2D eigenvalue weighted by molar-refractivity contribution is 5.78. The molecule has 0 bridgehead atoms. The lowest BCUT2D eigenvalue weighted by atomic mass is 10.0. The van der Waals surface area contributed by atoms with E-state index in [9.17, 15) is 4.79 Å². The molecule has 0 spiro atoms. The van der Waals surface area contributed by atoms with E-state index in [1.165, 1.54) is 5.56 Å². The van der Waals surface area contributed by atoms with Gasteiger partial charge in [0.05, 0.1) is 26.5 Å². The fourth-order valence-electron chi connectivity index (χ4n) is 4.12. The van der Waals surface area contributed by atoms with E-state index in [1.54, 1.807) is 13.4 Å². The quantitative estimate of drug-likeness (QED) is 0.548. The average molecular weight is 405 g/mol. The molecule has 1 aliphatic rings. The first kappa shape index (κ1) is 20.2. The van der Waals surface area contributed by atoms with Crippen molar-refractivity contribution in [3.8, 4) is 5.75 Å². The highest BCUT2D eigenvalue weighted by atomic mass is 16.5. The number of ether oxygens (including phenoxy) is 1. The van der Waals surface area contributed by atoms with Crippen LogP contribution in [-0.2, 0) is 17.9 Å². The van der Waals surface area contributed by atoms with Gasteiger partial charge < -0.3 is 14.1 Å². The van der Waals surface area contributed by atoms with Crippen LogP contribution >= 0.6 is 0 Å². The Morgan fingerprint density at radius 3 is 2.57 bits per heavy atom. The van der Waals surface area contributed by atoms with Crippen molar-refractivity contribution in [1.82, 2.24) is 9.80 Å². The first-order valence-electron chi connectivity index (χ1n) is 10.4. The molecule has 156 valence electrons. The van der Waals surface area contributed by atoms with E-state index in [0.717, 1.165) is 36.5 Å². The normalized spacial score (nSPS) is 16.5. The number of furan rings is 1. The number of nitrogens with zero attached hydrogens (tertiary/aromatic N) is 2. The van der Waals surface area contributed by atoms with Crippen LogP contribution in [0.15, 0.2) is 77.4 Å². The minimum atomic E-state index is 0.121. The number of rotatable bonds is 8. The zero-order valence-corrected chi connectivity index (χ0v) is 17.4. The van der Waals surface area contributed by atoms with Crippen molar-refractivity contribution >= 4 is 5.91 Å². The lowest BCUT2D eigenvalue weighted by Crippen LogP contribution is -2.39. The smallest absolute Gasteiger partial charge is 0.237 e. The van der Waals surface area contributed by atoms with E-state index in [0.29, 0.717) is 19.6 Å². The van der Waals surface area contributed by atoms with Crippen LogP contribution in [0.5, 0.6) is 5.75 Å². The molecule has 1 aliphatic heterocycles. The predicted molar refractivity (Wildman–Crippen MR) is 116 cm³/mol. The van der Waals surface area contributed by atoms with E-state index in [-0.39, 0.29) is 11.9 Å². The molecule has 5 heteroatoms. The van der Waals surface area contributed by atoms with E-state index in [1.807, 2.05) is 47.4 Å². The summed E-state index contributed by atoms with van der Waals surface area (Å²) in [6.45, 7) is 2.38. The molecule has 5 nitrogen and oxygen atoms in total. The maximum absolute atomic E-state index is 13.3. The van der Waals surface area contributed by atoms with Crippen LogP contribution in [0.3, 0.4) is 0 Å². The molecule has 1 amide bonds. The lowest BCUT2D eigenvalue weighted by molar-refractivity contribution is -0.134. The van der Waals surface area contributed by atoms with Gasteiger partial charge in [-0.25, -0.2) is 0 Å². The van der Waals surface area contributed by atoms with Gasteiger partial charge in [-0.3, -0.25) is 9.69 Å². The zero-order valence-electron chi connectivity index (χ0n) is 17.4. The van der Waals surface area contributed by atoms with Gasteiger partial charge in [-0.05, 0) is 54.8 Å². The number of carbonyl (C=O) groups excluding carboxylic acids is 1. The third-order valence-corrected chi connectivity index (χ3v) is 5.70. The Balaban J connectivity index is 1.47. The fraction of sp³-hybridized carbons (Fsp3) is 0.320. The van der Waals surface area contributed by atoms with Crippen molar-refractivity contribution in [3.63, 3.8) is 0 Å². The minimum absolute atomic E-state index is 0.121. The van der Waals surface area contributed by atoms with Crippen molar-refractivity contribution in [3.05, 3.63) is 89.9 Å². The lowest BCUT2D eigenvalue weighted by Gasteiger charge is -2.28. The molecule has 30 heavy (non-hydrogen) atoms. The van der Waals surface area contributed by atoms with Gasteiger partial charge in [0.2, 0.25) is 5.91 Å². The first-order chi connectivity index (χ1) is 14.7. The molecule has 2 heterocycles.